The van der Waals surface area contributed by atoms with Gasteiger partial charge in [0.25, 0.3) is 0 Å². The molecule has 2 aromatic carbocycles. The maximum Gasteiger partial charge on any atom is 0.228 e. The van der Waals surface area contributed by atoms with Crippen molar-refractivity contribution >= 4 is 17.7 Å². The van der Waals surface area contributed by atoms with Crippen molar-refractivity contribution in [1.29, 1.82) is 0 Å². The summed E-state index contributed by atoms with van der Waals surface area (Å²) in [6, 6.07) is 12.3. The van der Waals surface area contributed by atoms with Crippen LogP contribution in [0.5, 0.6) is 0 Å². The first-order valence-electron chi connectivity index (χ1n) is 7.04. The second-order valence-corrected chi connectivity index (χ2v) is 6.36. The molecule has 22 heavy (non-hydrogen) atoms. The van der Waals surface area contributed by atoms with Crippen molar-refractivity contribution in [3.05, 3.63) is 71.3 Å². The van der Waals surface area contributed by atoms with E-state index in [2.05, 4.69) is 0 Å². The number of amides is 1. The van der Waals surface area contributed by atoms with Crippen LogP contribution in [0.2, 0.25) is 0 Å². The molecule has 3 rings (SSSR count). The summed E-state index contributed by atoms with van der Waals surface area (Å²) in [6.45, 7) is 0.645. The molecule has 1 aliphatic heterocycles. The summed E-state index contributed by atoms with van der Waals surface area (Å²) in [5, 5.41) is -0.149. The van der Waals surface area contributed by atoms with Crippen LogP contribution in [0, 0.1) is 11.6 Å². The molecule has 0 unspecified atom stereocenters. The average molecular weight is 319 g/mol. The largest absolute Gasteiger partial charge is 0.325 e. The summed E-state index contributed by atoms with van der Waals surface area (Å²) < 4.78 is 26.3. The van der Waals surface area contributed by atoms with Gasteiger partial charge in [0.15, 0.2) is 0 Å². The van der Waals surface area contributed by atoms with Crippen LogP contribution in [0.25, 0.3) is 0 Å². The van der Waals surface area contributed by atoms with Crippen LogP contribution in [0.4, 0.5) is 8.78 Å². The minimum Gasteiger partial charge on any atom is -0.325 e. The molecule has 1 amide bonds. The summed E-state index contributed by atoms with van der Waals surface area (Å²) in [4.78, 5) is 14.3. The first-order valence-corrected chi connectivity index (χ1v) is 8.09. The Bertz CT molecular complexity index is 675. The van der Waals surface area contributed by atoms with E-state index < -0.39 is 0 Å². The number of carbonyl (C=O) groups excluding carboxylic acids is 1. The molecule has 0 aliphatic carbocycles. The van der Waals surface area contributed by atoms with E-state index >= 15 is 0 Å². The quantitative estimate of drug-likeness (QED) is 0.858. The van der Waals surface area contributed by atoms with Gasteiger partial charge in [-0.15, -0.1) is 11.8 Å². The smallest absolute Gasteiger partial charge is 0.228 e. The van der Waals surface area contributed by atoms with Crippen LogP contribution < -0.4 is 0 Å². The van der Waals surface area contributed by atoms with E-state index in [0.29, 0.717) is 6.54 Å². The lowest BCUT2D eigenvalue weighted by atomic mass is 10.1. The lowest BCUT2D eigenvalue weighted by molar-refractivity contribution is -0.130. The van der Waals surface area contributed by atoms with Crippen LogP contribution in [-0.4, -0.2) is 23.1 Å². The average Bonchev–Trinajstić information content (AvgIpc) is 2.99. The molecule has 5 heteroatoms. The fraction of sp³-hybridized carbons (Fsp3) is 0.235. The van der Waals surface area contributed by atoms with Crippen molar-refractivity contribution in [2.75, 3.05) is 12.3 Å². The van der Waals surface area contributed by atoms with Crippen LogP contribution in [0.1, 0.15) is 16.5 Å². The zero-order valence-electron chi connectivity index (χ0n) is 11.8. The Morgan fingerprint density at radius 2 is 1.91 bits per heavy atom. The summed E-state index contributed by atoms with van der Waals surface area (Å²) in [5.41, 5.74) is 1.58. The number of thioether (sulfide) groups is 1. The van der Waals surface area contributed by atoms with Gasteiger partial charge in [-0.1, -0.05) is 24.3 Å². The van der Waals surface area contributed by atoms with E-state index in [0.717, 1.165) is 16.9 Å². The van der Waals surface area contributed by atoms with E-state index in [1.54, 1.807) is 34.9 Å². The van der Waals surface area contributed by atoms with Crippen molar-refractivity contribution in [2.24, 2.45) is 0 Å². The molecule has 1 aliphatic rings. The number of halogens is 2. The predicted octanol–water partition coefficient (Wildman–Crippen LogP) is 3.78. The highest BCUT2D eigenvalue weighted by atomic mass is 32.2. The van der Waals surface area contributed by atoms with Gasteiger partial charge in [0.1, 0.15) is 17.0 Å². The molecule has 0 saturated carbocycles. The van der Waals surface area contributed by atoms with Crippen molar-refractivity contribution in [2.45, 2.75) is 11.8 Å². The lowest BCUT2D eigenvalue weighted by Gasteiger charge is -2.24. The number of hydrogen-bond donors (Lipinski definition) is 0. The van der Waals surface area contributed by atoms with Gasteiger partial charge >= 0.3 is 0 Å². The third kappa shape index (κ3) is 3.30. The maximum atomic E-state index is 13.4. The van der Waals surface area contributed by atoms with Crippen molar-refractivity contribution in [3.63, 3.8) is 0 Å². The summed E-state index contributed by atoms with van der Waals surface area (Å²) in [6.07, 6.45) is 0.229. The molecular formula is C17H15F2NOS. The molecule has 0 radical (unpaired) electrons. The van der Waals surface area contributed by atoms with Gasteiger partial charge < -0.3 is 4.90 Å². The Balaban J connectivity index is 1.75. The number of nitrogens with zero attached hydrogens (tertiary/aromatic N) is 1. The fourth-order valence-corrected chi connectivity index (χ4v) is 3.81. The Kier molecular flexibility index (Phi) is 4.43. The fourth-order valence-electron chi connectivity index (χ4n) is 2.54. The Labute approximate surface area is 132 Å². The van der Waals surface area contributed by atoms with Crippen LogP contribution in [0.15, 0.2) is 48.5 Å². The Hall–Kier alpha value is -1.88. The zero-order valence-corrected chi connectivity index (χ0v) is 12.7. The van der Waals surface area contributed by atoms with Gasteiger partial charge in [-0.3, -0.25) is 4.79 Å². The molecular weight excluding hydrogens is 304 g/mol. The summed E-state index contributed by atoms with van der Waals surface area (Å²) >= 11 is 1.63. The highest BCUT2D eigenvalue weighted by Gasteiger charge is 2.30. The standard InChI is InChI=1S/C17H15F2NOS/c18-14-6-4-12(5-7-14)10-16(21)20-8-9-22-17(20)13-2-1-3-15(19)11-13/h1-7,11,17H,8-10H2/t17-/m0/s1. The van der Waals surface area contributed by atoms with Crippen molar-refractivity contribution in [1.82, 2.24) is 4.90 Å². The SMILES string of the molecule is O=C(Cc1ccc(F)cc1)N1CCS[C@H]1c1cccc(F)c1. The van der Waals surface area contributed by atoms with Crippen molar-refractivity contribution < 1.29 is 13.6 Å². The number of benzene rings is 2. The Morgan fingerprint density at radius 1 is 1.14 bits per heavy atom. The molecule has 1 fully saturated rings. The monoisotopic (exact) mass is 319 g/mol. The Morgan fingerprint density at radius 3 is 2.64 bits per heavy atom. The van der Waals surface area contributed by atoms with Gasteiger partial charge in [-0.05, 0) is 35.4 Å². The van der Waals surface area contributed by atoms with E-state index in [1.807, 2.05) is 6.07 Å². The highest BCUT2D eigenvalue weighted by molar-refractivity contribution is 7.99. The molecule has 2 nitrogen and oxygen atoms in total. The van der Waals surface area contributed by atoms with Gasteiger partial charge in [0.2, 0.25) is 5.91 Å². The van der Waals surface area contributed by atoms with E-state index in [9.17, 15) is 13.6 Å². The first kappa shape index (κ1) is 15.0. The summed E-state index contributed by atoms with van der Waals surface area (Å²) in [5.74, 6) is 0.198. The maximum absolute atomic E-state index is 13.4. The van der Waals surface area contributed by atoms with Crippen LogP contribution in [0.3, 0.4) is 0 Å². The summed E-state index contributed by atoms with van der Waals surface area (Å²) in [7, 11) is 0. The minimum absolute atomic E-state index is 0.0223. The molecule has 0 spiro atoms. The molecule has 0 bridgehead atoms. The van der Waals surface area contributed by atoms with Gasteiger partial charge in [0, 0.05) is 12.3 Å². The van der Waals surface area contributed by atoms with E-state index in [1.165, 1.54) is 24.3 Å². The lowest BCUT2D eigenvalue weighted by Crippen LogP contribution is -2.31. The van der Waals surface area contributed by atoms with Gasteiger partial charge in [-0.25, -0.2) is 8.78 Å². The minimum atomic E-state index is -0.314. The molecule has 0 aromatic heterocycles. The van der Waals surface area contributed by atoms with Crippen LogP contribution >= 0.6 is 11.8 Å². The van der Waals surface area contributed by atoms with Crippen LogP contribution in [-0.2, 0) is 11.2 Å². The highest BCUT2D eigenvalue weighted by Crippen LogP contribution is 2.38. The predicted molar refractivity (Wildman–Crippen MR) is 83.4 cm³/mol. The topological polar surface area (TPSA) is 20.3 Å². The number of hydrogen-bond acceptors (Lipinski definition) is 2. The van der Waals surface area contributed by atoms with Crippen molar-refractivity contribution in [3.8, 4) is 0 Å². The van der Waals surface area contributed by atoms with Gasteiger partial charge in [-0.2, -0.15) is 0 Å². The second-order valence-electron chi connectivity index (χ2n) is 5.17. The molecule has 0 N–H and O–H groups in total. The zero-order chi connectivity index (χ0) is 15.5. The molecule has 1 atom stereocenters. The number of rotatable bonds is 3. The first-order chi connectivity index (χ1) is 10.6. The van der Waals surface area contributed by atoms with Gasteiger partial charge in [0.05, 0.1) is 6.42 Å². The van der Waals surface area contributed by atoms with E-state index in [4.69, 9.17) is 0 Å². The third-order valence-corrected chi connectivity index (χ3v) is 4.87. The molecule has 114 valence electrons. The van der Waals surface area contributed by atoms with E-state index in [-0.39, 0.29) is 29.3 Å². The molecule has 2 aromatic rings. The molecule has 1 heterocycles. The third-order valence-electron chi connectivity index (χ3n) is 3.61. The normalized spacial score (nSPS) is 17.7. The molecule has 1 saturated heterocycles. The number of carbonyl (C=O) groups is 1. The second kappa shape index (κ2) is 6.48.